The molecule has 1 aromatic carbocycles. The van der Waals surface area contributed by atoms with Gasteiger partial charge in [0.05, 0.1) is 6.54 Å². The van der Waals surface area contributed by atoms with Gasteiger partial charge in [-0.3, -0.25) is 9.88 Å². The molecule has 2 atom stereocenters. The first-order valence-corrected chi connectivity index (χ1v) is 9.85. The molecule has 3 heterocycles. The zero-order valence-electron chi connectivity index (χ0n) is 15.8. The van der Waals surface area contributed by atoms with Crippen LogP contribution in [0.2, 0.25) is 0 Å². The summed E-state index contributed by atoms with van der Waals surface area (Å²) in [6, 6.07) is 15.6. The number of nitrogens with zero attached hydrogens (tertiary/aromatic N) is 5. The molecule has 1 aliphatic carbocycles. The molecular formula is C22H25N5. The second-order valence-electron chi connectivity index (χ2n) is 8.13. The highest BCUT2D eigenvalue weighted by molar-refractivity contribution is 5.53. The van der Waals surface area contributed by atoms with E-state index in [9.17, 15) is 0 Å². The Balaban J connectivity index is 1.33. The van der Waals surface area contributed by atoms with Crippen molar-refractivity contribution in [3.8, 4) is 11.4 Å². The third-order valence-corrected chi connectivity index (χ3v) is 6.41. The maximum absolute atomic E-state index is 4.49. The van der Waals surface area contributed by atoms with Gasteiger partial charge in [-0.05, 0) is 42.4 Å². The summed E-state index contributed by atoms with van der Waals surface area (Å²) in [5, 5.41) is 8.94. The summed E-state index contributed by atoms with van der Waals surface area (Å²) in [5.41, 5.74) is 2.81. The Kier molecular flexibility index (Phi) is 4.05. The molecule has 0 bridgehead atoms. The van der Waals surface area contributed by atoms with E-state index in [0.717, 1.165) is 36.8 Å². The van der Waals surface area contributed by atoms with Crippen molar-refractivity contribution in [2.75, 3.05) is 6.54 Å². The van der Waals surface area contributed by atoms with Crippen molar-refractivity contribution in [3.05, 3.63) is 66.2 Å². The van der Waals surface area contributed by atoms with E-state index in [1.807, 2.05) is 12.3 Å². The van der Waals surface area contributed by atoms with Crippen LogP contribution in [0.15, 0.2) is 54.9 Å². The molecule has 0 amide bonds. The number of aromatic nitrogens is 4. The Morgan fingerprint density at radius 2 is 1.93 bits per heavy atom. The largest absolute Gasteiger partial charge is 0.309 e. The van der Waals surface area contributed by atoms with Crippen molar-refractivity contribution < 1.29 is 0 Å². The summed E-state index contributed by atoms with van der Waals surface area (Å²) >= 11 is 0. The van der Waals surface area contributed by atoms with Crippen LogP contribution in [0.1, 0.15) is 37.6 Å². The van der Waals surface area contributed by atoms with Crippen LogP contribution in [0.4, 0.5) is 0 Å². The van der Waals surface area contributed by atoms with Gasteiger partial charge in [0.15, 0.2) is 5.82 Å². The van der Waals surface area contributed by atoms with E-state index in [-0.39, 0.29) is 5.41 Å². The molecule has 0 radical (unpaired) electrons. The molecule has 2 aliphatic rings. The number of fused-ring (bicyclic) bond motifs is 1. The summed E-state index contributed by atoms with van der Waals surface area (Å²) in [6.45, 7) is 5.33. The molecule has 2 unspecified atom stereocenters. The molecule has 5 heteroatoms. The number of hydrogen-bond donors (Lipinski definition) is 0. The molecular weight excluding hydrogens is 334 g/mol. The van der Waals surface area contributed by atoms with E-state index in [1.54, 1.807) is 6.20 Å². The third-order valence-electron chi connectivity index (χ3n) is 6.41. The van der Waals surface area contributed by atoms with Gasteiger partial charge in [-0.2, -0.15) is 0 Å². The van der Waals surface area contributed by atoms with Gasteiger partial charge in [-0.25, -0.2) is 0 Å². The van der Waals surface area contributed by atoms with Crippen LogP contribution in [0.3, 0.4) is 0 Å². The van der Waals surface area contributed by atoms with Crippen LogP contribution in [0, 0.1) is 0 Å². The second-order valence-corrected chi connectivity index (χ2v) is 8.13. The standard InChI is InChI=1S/C22H25N5/c1-22(18-7-3-2-4-8-18)10-9-19(14-22)26-12-13-27-20(16-26)24-25-21(27)17-6-5-11-23-15-17/h2-8,11,15,19H,9-10,12-14,16H2,1H3. The molecule has 2 aromatic heterocycles. The smallest absolute Gasteiger partial charge is 0.165 e. The van der Waals surface area contributed by atoms with Gasteiger partial charge in [-0.15, -0.1) is 10.2 Å². The molecule has 0 N–H and O–H groups in total. The fourth-order valence-corrected chi connectivity index (χ4v) is 4.82. The van der Waals surface area contributed by atoms with E-state index in [1.165, 1.54) is 24.8 Å². The minimum atomic E-state index is 0.290. The topological polar surface area (TPSA) is 46.8 Å². The highest BCUT2D eigenvalue weighted by Crippen LogP contribution is 2.43. The maximum atomic E-state index is 4.49. The molecule has 0 spiro atoms. The van der Waals surface area contributed by atoms with Crippen LogP contribution in [0.5, 0.6) is 0 Å². The average Bonchev–Trinajstić information content (AvgIpc) is 3.33. The lowest BCUT2D eigenvalue weighted by Gasteiger charge is -2.34. The molecule has 5 rings (SSSR count). The summed E-state index contributed by atoms with van der Waals surface area (Å²) in [6.07, 6.45) is 7.40. The lowest BCUT2D eigenvalue weighted by Crippen LogP contribution is -2.41. The average molecular weight is 359 g/mol. The van der Waals surface area contributed by atoms with Crippen molar-refractivity contribution in [3.63, 3.8) is 0 Å². The lowest BCUT2D eigenvalue weighted by molar-refractivity contribution is 0.150. The molecule has 5 nitrogen and oxygen atoms in total. The predicted octanol–water partition coefficient (Wildman–Crippen LogP) is 3.67. The Morgan fingerprint density at radius 3 is 2.74 bits per heavy atom. The van der Waals surface area contributed by atoms with Crippen LogP contribution in [-0.4, -0.2) is 37.2 Å². The molecule has 0 saturated heterocycles. The van der Waals surface area contributed by atoms with Crippen LogP contribution < -0.4 is 0 Å². The summed E-state index contributed by atoms with van der Waals surface area (Å²) in [4.78, 5) is 6.84. The summed E-state index contributed by atoms with van der Waals surface area (Å²) in [5.74, 6) is 2.02. The first-order chi connectivity index (χ1) is 13.2. The fraction of sp³-hybridized carbons (Fsp3) is 0.409. The number of benzene rings is 1. The maximum Gasteiger partial charge on any atom is 0.165 e. The highest BCUT2D eigenvalue weighted by atomic mass is 15.3. The van der Waals surface area contributed by atoms with Gasteiger partial charge in [0.2, 0.25) is 0 Å². The second kappa shape index (κ2) is 6.57. The van der Waals surface area contributed by atoms with Crippen molar-refractivity contribution in [2.45, 2.75) is 50.7 Å². The van der Waals surface area contributed by atoms with Crippen LogP contribution >= 0.6 is 0 Å². The first kappa shape index (κ1) is 16.6. The Labute approximate surface area is 160 Å². The fourth-order valence-electron chi connectivity index (χ4n) is 4.82. The van der Waals surface area contributed by atoms with Gasteiger partial charge < -0.3 is 4.57 Å². The predicted molar refractivity (Wildman–Crippen MR) is 105 cm³/mol. The zero-order chi connectivity index (χ0) is 18.3. The van der Waals surface area contributed by atoms with Crippen molar-refractivity contribution in [1.82, 2.24) is 24.6 Å². The van der Waals surface area contributed by atoms with E-state index in [2.05, 4.69) is 68.0 Å². The summed E-state index contributed by atoms with van der Waals surface area (Å²) in [7, 11) is 0. The van der Waals surface area contributed by atoms with Crippen molar-refractivity contribution >= 4 is 0 Å². The molecule has 1 fully saturated rings. The quantitative estimate of drug-likeness (QED) is 0.716. The van der Waals surface area contributed by atoms with E-state index < -0.39 is 0 Å². The van der Waals surface area contributed by atoms with Crippen molar-refractivity contribution in [2.24, 2.45) is 0 Å². The molecule has 3 aromatic rings. The molecule has 138 valence electrons. The van der Waals surface area contributed by atoms with Gasteiger partial charge in [0.25, 0.3) is 0 Å². The number of rotatable bonds is 3. The molecule has 27 heavy (non-hydrogen) atoms. The monoisotopic (exact) mass is 359 g/mol. The van der Waals surface area contributed by atoms with E-state index in [4.69, 9.17) is 0 Å². The summed E-state index contributed by atoms with van der Waals surface area (Å²) < 4.78 is 2.26. The Morgan fingerprint density at radius 1 is 1.04 bits per heavy atom. The number of hydrogen-bond acceptors (Lipinski definition) is 4. The Bertz CT molecular complexity index is 920. The third kappa shape index (κ3) is 2.96. The Hall–Kier alpha value is -2.53. The SMILES string of the molecule is CC1(c2ccccc2)CCC(N2CCn3c(nnc3-c3cccnc3)C2)C1. The highest BCUT2D eigenvalue weighted by Gasteiger charge is 2.40. The van der Waals surface area contributed by atoms with Gasteiger partial charge >= 0.3 is 0 Å². The van der Waals surface area contributed by atoms with Crippen LogP contribution in [0.25, 0.3) is 11.4 Å². The molecule has 1 saturated carbocycles. The van der Waals surface area contributed by atoms with E-state index in [0.29, 0.717) is 6.04 Å². The normalized spacial score (nSPS) is 25.4. The van der Waals surface area contributed by atoms with Crippen molar-refractivity contribution in [1.29, 1.82) is 0 Å². The molecule has 1 aliphatic heterocycles. The first-order valence-electron chi connectivity index (χ1n) is 9.85. The minimum absolute atomic E-state index is 0.290. The minimum Gasteiger partial charge on any atom is -0.309 e. The number of pyridine rings is 1. The lowest BCUT2D eigenvalue weighted by atomic mass is 9.81. The zero-order valence-corrected chi connectivity index (χ0v) is 15.8. The van der Waals surface area contributed by atoms with E-state index >= 15 is 0 Å². The van der Waals surface area contributed by atoms with Gasteiger partial charge in [0, 0.05) is 37.1 Å². The van der Waals surface area contributed by atoms with Gasteiger partial charge in [0.1, 0.15) is 5.82 Å². The van der Waals surface area contributed by atoms with Crippen LogP contribution in [-0.2, 0) is 18.5 Å². The van der Waals surface area contributed by atoms with Gasteiger partial charge in [-0.1, -0.05) is 37.3 Å².